The molecule has 2 aromatic rings. The maximum absolute atomic E-state index is 13.0. The number of aromatic nitrogens is 1. The zero-order valence-corrected chi connectivity index (χ0v) is 11.2. The van der Waals surface area contributed by atoms with Gasteiger partial charge in [0.05, 0.1) is 22.8 Å². The van der Waals surface area contributed by atoms with Crippen LogP contribution in [0.25, 0.3) is 0 Å². The normalized spacial score (nSPS) is 10.4. The van der Waals surface area contributed by atoms with Crippen molar-refractivity contribution in [2.75, 3.05) is 5.32 Å². The third-order valence-electron chi connectivity index (χ3n) is 1.93. The van der Waals surface area contributed by atoms with E-state index >= 15 is 0 Å². The van der Waals surface area contributed by atoms with Crippen LogP contribution < -0.4 is 5.32 Å². The van der Waals surface area contributed by atoms with Crippen LogP contribution in [-0.4, -0.2) is 4.98 Å². The van der Waals surface area contributed by atoms with Crippen molar-refractivity contribution in [3.05, 3.63) is 44.0 Å². The Balaban J connectivity index is 2.15. The van der Waals surface area contributed by atoms with Gasteiger partial charge in [-0.2, -0.15) is 0 Å². The molecule has 0 amide bonds. The SMILES string of the molecule is Fc1cc(Cl)c(NCc2cncs2)c(Br)c1. The van der Waals surface area contributed by atoms with E-state index in [1.165, 1.54) is 12.1 Å². The molecule has 0 radical (unpaired) electrons. The van der Waals surface area contributed by atoms with Gasteiger partial charge in [-0.05, 0) is 28.1 Å². The highest BCUT2D eigenvalue weighted by Crippen LogP contribution is 2.32. The molecule has 0 bridgehead atoms. The molecule has 0 aliphatic carbocycles. The van der Waals surface area contributed by atoms with Crippen molar-refractivity contribution in [2.45, 2.75) is 6.54 Å². The Morgan fingerprint density at radius 3 is 2.94 bits per heavy atom. The van der Waals surface area contributed by atoms with Gasteiger partial charge in [0.25, 0.3) is 0 Å². The van der Waals surface area contributed by atoms with Crippen molar-refractivity contribution in [3.8, 4) is 0 Å². The number of hydrogen-bond donors (Lipinski definition) is 1. The van der Waals surface area contributed by atoms with Crippen molar-refractivity contribution < 1.29 is 4.39 Å². The number of nitrogens with one attached hydrogen (secondary N) is 1. The molecule has 2 nitrogen and oxygen atoms in total. The fourth-order valence-electron chi connectivity index (χ4n) is 1.22. The van der Waals surface area contributed by atoms with Gasteiger partial charge in [0.1, 0.15) is 5.82 Å². The minimum Gasteiger partial charge on any atom is -0.378 e. The highest BCUT2D eigenvalue weighted by Gasteiger charge is 2.07. The van der Waals surface area contributed by atoms with E-state index in [1.807, 2.05) is 0 Å². The molecule has 0 saturated heterocycles. The van der Waals surface area contributed by atoms with Crippen molar-refractivity contribution >= 4 is 44.6 Å². The molecule has 1 aromatic carbocycles. The van der Waals surface area contributed by atoms with E-state index in [-0.39, 0.29) is 5.82 Å². The lowest BCUT2D eigenvalue weighted by Gasteiger charge is -2.09. The number of halogens is 3. The number of hydrogen-bond acceptors (Lipinski definition) is 3. The molecule has 0 unspecified atom stereocenters. The number of benzene rings is 1. The van der Waals surface area contributed by atoms with Gasteiger partial charge in [-0.1, -0.05) is 11.6 Å². The van der Waals surface area contributed by atoms with Gasteiger partial charge in [0, 0.05) is 15.5 Å². The lowest BCUT2D eigenvalue weighted by Crippen LogP contribution is -1.99. The van der Waals surface area contributed by atoms with E-state index in [1.54, 1.807) is 23.0 Å². The van der Waals surface area contributed by atoms with Gasteiger partial charge in [-0.3, -0.25) is 4.98 Å². The van der Waals surface area contributed by atoms with Gasteiger partial charge in [0.2, 0.25) is 0 Å². The molecule has 1 heterocycles. The second kappa shape index (κ2) is 5.12. The van der Waals surface area contributed by atoms with Crippen LogP contribution in [0.2, 0.25) is 5.02 Å². The lowest BCUT2D eigenvalue weighted by molar-refractivity contribution is 0.627. The summed E-state index contributed by atoms with van der Waals surface area (Å²) in [7, 11) is 0. The van der Waals surface area contributed by atoms with Gasteiger partial charge < -0.3 is 5.32 Å². The molecule has 1 aromatic heterocycles. The number of anilines is 1. The summed E-state index contributed by atoms with van der Waals surface area (Å²) in [4.78, 5) is 5.06. The summed E-state index contributed by atoms with van der Waals surface area (Å²) in [6.07, 6.45) is 1.78. The minimum absolute atomic E-state index is 0.358. The third-order valence-corrected chi connectivity index (χ3v) is 3.63. The molecule has 2 rings (SSSR count). The molecule has 0 atom stereocenters. The van der Waals surface area contributed by atoms with Crippen molar-refractivity contribution in [1.29, 1.82) is 0 Å². The molecule has 1 N–H and O–H groups in total. The summed E-state index contributed by atoms with van der Waals surface area (Å²) in [5, 5.41) is 3.49. The van der Waals surface area contributed by atoms with Crippen molar-refractivity contribution in [2.24, 2.45) is 0 Å². The Bertz CT molecular complexity index is 467. The largest absolute Gasteiger partial charge is 0.378 e. The summed E-state index contributed by atoms with van der Waals surface area (Å²) >= 11 is 10.7. The Hall–Kier alpha value is -0.650. The molecule has 16 heavy (non-hydrogen) atoms. The number of rotatable bonds is 3. The van der Waals surface area contributed by atoms with E-state index in [4.69, 9.17) is 11.6 Å². The number of nitrogens with zero attached hydrogens (tertiary/aromatic N) is 1. The van der Waals surface area contributed by atoms with Gasteiger partial charge in [-0.15, -0.1) is 11.3 Å². The van der Waals surface area contributed by atoms with Crippen LogP contribution in [0.15, 0.2) is 28.3 Å². The highest BCUT2D eigenvalue weighted by atomic mass is 79.9. The molecular formula is C10H7BrClFN2S. The molecule has 0 aliphatic heterocycles. The van der Waals surface area contributed by atoms with Gasteiger partial charge in [0.15, 0.2) is 0 Å². The predicted octanol–water partition coefficient (Wildman–Crippen LogP) is 4.31. The first-order valence-corrected chi connectivity index (χ1v) is 6.47. The zero-order valence-electron chi connectivity index (χ0n) is 8.01. The summed E-state index contributed by atoms with van der Waals surface area (Å²) in [5.41, 5.74) is 2.45. The zero-order chi connectivity index (χ0) is 11.5. The van der Waals surface area contributed by atoms with E-state index in [9.17, 15) is 4.39 Å². The van der Waals surface area contributed by atoms with Crippen molar-refractivity contribution in [3.63, 3.8) is 0 Å². The summed E-state index contributed by atoms with van der Waals surface area (Å²) in [5.74, 6) is -0.361. The minimum atomic E-state index is -0.361. The Labute approximate surface area is 110 Å². The maximum atomic E-state index is 13.0. The Kier molecular flexibility index (Phi) is 3.78. The van der Waals surface area contributed by atoms with Crippen LogP contribution in [0, 0.1) is 5.82 Å². The van der Waals surface area contributed by atoms with E-state index < -0.39 is 0 Å². The van der Waals surface area contributed by atoms with Gasteiger partial charge in [-0.25, -0.2) is 4.39 Å². The van der Waals surface area contributed by atoms with Crippen LogP contribution in [0.4, 0.5) is 10.1 Å². The molecule has 0 spiro atoms. The van der Waals surface area contributed by atoms with Crippen LogP contribution >= 0.6 is 38.9 Å². The standard InChI is InChI=1S/C10H7BrClFN2S/c11-8-1-6(13)2-9(12)10(8)15-4-7-3-14-5-16-7/h1-3,5,15H,4H2. The Morgan fingerprint density at radius 2 is 2.31 bits per heavy atom. The molecule has 84 valence electrons. The quantitative estimate of drug-likeness (QED) is 0.911. The van der Waals surface area contributed by atoms with Crippen LogP contribution in [0.5, 0.6) is 0 Å². The fourth-order valence-corrected chi connectivity index (χ4v) is 2.71. The summed E-state index contributed by atoms with van der Waals surface area (Å²) < 4.78 is 13.6. The van der Waals surface area contributed by atoms with Crippen LogP contribution in [0.1, 0.15) is 4.88 Å². The molecule has 0 aliphatic rings. The summed E-state index contributed by atoms with van der Waals surface area (Å²) in [6.45, 7) is 0.620. The van der Waals surface area contributed by atoms with E-state index in [0.717, 1.165) is 4.88 Å². The second-order valence-corrected chi connectivity index (χ2v) is 5.30. The predicted molar refractivity (Wildman–Crippen MR) is 68.6 cm³/mol. The lowest BCUT2D eigenvalue weighted by atomic mass is 10.3. The average molecular weight is 322 g/mol. The van der Waals surface area contributed by atoms with Crippen LogP contribution in [-0.2, 0) is 6.54 Å². The van der Waals surface area contributed by atoms with Crippen LogP contribution in [0.3, 0.4) is 0 Å². The molecule has 6 heteroatoms. The molecule has 0 fully saturated rings. The average Bonchev–Trinajstić information content (AvgIpc) is 2.68. The second-order valence-electron chi connectivity index (χ2n) is 3.07. The topological polar surface area (TPSA) is 24.9 Å². The van der Waals surface area contributed by atoms with E-state index in [0.29, 0.717) is 21.7 Å². The first-order valence-electron chi connectivity index (χ1n) is 4.42. The fraction of sp³-hybridized carbons (Fsp3) is 0.100. The van der Waals surface area contributed by atoms with Gasteiger partial charge >= 0.3 is 0 Å². The monoisotopic (exact) mass is 320 g/mol. The highest BCUT2D eigenvalue weighted by molar-refractivity contribution is 9.10. The van der Waals surface area contributed by atoms with E-state index in [2.05, 4.69) is 26.2 Å². The molecular weight excluding hydrogens is 315 g/mol. The maximum Gasteiger partial charge on any atom is 0.125 e. The smallest absolute Gasteiger partial charge is 0.125 e. The summed E-state index contributed by atoms with van der Waals surface area (Å²) in [6, 6.07) is 2.65. The molecule has 0 saturated carbocycles. The number of thiazole rings is 1. The third kappa shape index (κ3) is 2.72. The first kappa shape index (κ1) is 11.8. The van der Waals surface area contributed by atoms with Crippen molar-refractivity contribution in [1.82, 2.24) is 4.98 Å². The Morgan fingerprint density at radius 1 is 1.50 bits per heavy atom. The first-order chi connectivity index (χ1) is 7.66.